The van der Waals surface area contributed by atoms with Crippen molar-refractivity contribution in [3.63, 3.8) is 0 Å². The molecule has 14 aliphatic heterocycles. The number of hydrogen-bond donors (Lipinski definition) is 5. The average molecular weight is 1800 g/mol. The number of benzene rings is 8. The standard InChI is InChI=1S/C49H50N4O11S.C48H51N3O12S/c1-24-16-29-17-31-32(20-50)53-33-21-60-48(57)49(30-19-34(58-5)35(18-28(30)14-15-51-49)64-36(55)13-12-27-10-8-7-9-11-27)22-65-47(41(53)40(52(31)4)37(29)42(56)43(24)59-6)39-38(33)46-45(61-23-62-46)25(2)44(39)63-26(3)54;1-23-16-28-17-30-46(55)51-31-20-59-47(56)48(29-19-32(57-5)33(18-27(29)14-15-49-48)63-34(53)13-12-26-10-8-7-9-11-26)21-64-45(39(51)38(50(30)4)35(28)40(54)41(23)58-6)37-36(31)44-43(60-22-61-44)24(2)42(37)62-25(3)52/h7-11,16,18-19,31-33,40-41,47,51,56H,12-15,17,21-23H2,1-6H3;7-11,16,18-19,30-31,38-39,45-46,49,54-55H,12-15,17,20-22H2,1-6H3/t31-,32-,33-,40+,41?,47+,49+;30-,31-,38+,39?,45+,46-,48+/m00/s1. The van der Waals surface area contributed by atoms with Crippen LogP contribution in [0.2, 0.25) is 0 Å². The van der Waals surface area contributed by atoms with Crippen molar-refractivity contribution in [2.45, 2.75) is 175 Å². The Labute approximate surface area is 753 Å². The minimum Gasteiger partial charge on any atom is -0.504 e. The predicted molar refractivity (Wildman–Crippen MR) is 470 cm³/mol. The van der Waals surface area contributed by atoms with E-state index in [1.807, 2.05) is 119 Å². The molecule has 129 heavy (non-hydrogen) atoms. The summed E-state index contributed by atoms with van der Waals surface area (Å²) in [5, 5.41) is 54.1. The van der Waals surface area contributed by atoms with E-state index < -0.39 is 112 Å². The van der Waals surface area contributed by atoms with Crippen LogP contribution in [0.25, 0.3) is 0 Å². The smallest absolute Gasteiger partial charge is 0.331 e. The van der Waals surface area contributed by atoms with Crippen molar-refractivity contribution in [1.29, 1.82) is 5.26 Å². The molecule has 0 saturated carbocycles. The molecule has 0 amide bonds. The highest BCUT2D eigenvalue weighted by molar-refractivity contribution is 7.99. The van der Waals surface area contributed by atoms with Gasteiger partial charge in [-0.3, -0.25) is 49.4 Å². The number of carbonyl (C=O) groups excluding carboxylic acids is 6. The van der Waals surface area contributed by atoms with Gasteiger partial charge in [-0.25, -0.2) is 9.59 Å². The van der Waals surface area contributed by atoms with Gasteiger partial charge in [-0.1, -0.05) is 72.8 Å². The van der Waals surface area contributed by atoms with Gasteiger partial charge in [0.15, 0.2) is 80.1 Å². The number of fused-ring (bicyclic) bond motifs is 18. The maximum absolute atomic E-state index is 15.1. The molecule has 2 unspecified atom stereocenters. The SMILES string of the molecule is COc1cc2c(cc1OC(=O)CCc1ccccc1)CCN[C@]21CS[C@@H]2c3c(OC(C)=O)c(C)c4c(c3[C@H](COC1=O)N1C2[C@H]2c3c(cc(C)c(OC)c3O)C[C@@H]([C@@H]1C#N)N2C)OCO4.COc1cc2c(cc1OC(=O)CCc1ccccc1)CCN[C@]21CS[C@@H]2c3c(OC(C)=O)c(C)c4c(c3[C@H](COC1=O)N1C2[C@H]2c3c(cc(C)c(OC)c3O)C[C@@H]([C@@H]1O)N2C)OCO4. The lowest BCUT2D eigenvalue weighted by atomic mass is 9.71. The number of thioether (sulfide) groups is 2. The van der Waals surface area contributed by atoms with Gasteiger partial charge in [0.2, 0.25) is 13.6 Å². The minimum absolute atomic E-state index is 0.0267. The van der Waals surface area contributed by atoms with E-state index in [1.165, 1.54) is 65.8 Å². The number of likely N-dealkylation sites (N-methyl/N-ethyl adjacent to an activating group) is 2. The van der Waals surface area contributed by atoms with Crippen LogP contribution in [0.15, 0.2) is 97.1 Å². The second-order valence-corrected chi connectivity index (χ2v) is 37.2. The molecule has 14 atom stereocenters. The maximum atomic E-state index is 15.1. The number of ether oxygens (including phenoxy) is 14. The summed E-state index contributed by atoms with van der Waals surface area (Å²) in [5.41, 5.74) is 10.5. The Morgan fingerprint density at radius 3 is 1.36 bits per heavy atom. The van der Waals surface area contributed by atoms with Gasteiger partial charge in [-0.15, -0.1) is 23.5 Å². The fraction of sp³-hybridized carbons (Fsp3) is 0.433. The second kappa shape index (κ2) is 34.1. The molecule has 0 aromatic heterocycles. The predicted octanol–water partition coefficient (Wildman–Crippen LogP) is 11.1. The summed E-state index contributed by atoms with van der Waals surface area (Å²) in [6.07, 6.45) is 2.23. The number of aliphatic hydroxyl groups is 1. The zero-order valence-electron chi connectivity index (χ0n) is 73.5. The third-order valence-corrected chi connectivity index (χ3v) is 31.0. The highest BCUT2D eigenvalue weighted by Crippen LogP contribution is 2.68. The van der Waals surface area contributed by atoms with Crippen LogP contribution in [-0.2, 0) is 87.8 Å². The number of aromatic hydroxyl groups is 2. The van der Waals surface area contributed by atoms with Gasteiger partial charge in [0.05, 0.1) is 75.2 Å². The van der Waals surface area contributed by atoms with Crippen molar-refractivity contribution in [3.8, 4) is 86.6 Å². The van der Waals surface area contributed by atoms with Crippen LogP contribution in [0.3, 0.4) is 0 Å². The summed E-state index contributed by atoms with van der Waals surface area (Å²) in [5.74, 6) is 1.49. The third-order valence-electron chi connectivity index (χ3n) is 28.0. The van der Waals surface area contributed by atoms with Gasteiger partial charge in [-0.05, 0) is 160 Å². The monoisotopic (exact) mass is 1800 g/mol. The summed E-state index contributed by atoms with van der Waals surface area (Å²) >= 11 is 2.93. The van der Waals surface area contributed by atoms with Crippen LogP contribution >= 0.6 is 23.5 Å². The lowest BCUT2D eigenvalue weighted by Gasteiger charge is -2.62. The van der Waals surface area contributed by atoms with Gasteiger partial charge < -0.3 is 81.6 Å². The summed E-state index contributed by atoms with van der Waals surface area (Å²) in [4.78, 5) is 91.2. The van der Waals surface area contributed by atoms with E-state index in [4.69, 9.17) is 66.3 Å². The van der Waals surface area contributed by atoms with Crippen molar-refractivity contribution in [2.24, 2.45) is 0 Å². The van der Waals surface area contributed by atoms with E-state index in [0.29, 0.717) is 153 Å². The van der Waals surface area contributed by atoms with Crippen molar-refractivity contribution in [2.75, 3.05) is 93.9 Å². The summed E-state index contributed by atoms with van der Waals surface area (Å²) < 4.78 is 85.2. The first-order valence-corrected chi connectivity index (χ1v) is 45.5. The Kier molecular flexibility index (Phi) is 23.0. The van der Waals surface area contributed by atoms with Crippen LogP contribution in [0.4, 0.5) is 0 Å². The Balaban J connectivity index is 0.000000168. The number of aliphatic hydroxyl groups excluding tert-OH is 1. The summed E-state index contributed by atoms with van der Waals surface area (Å²) in [6, 6.07) is 28.0. The van der Waals surface area contributed by atoms with E-state index in [9.17, 15) is 39.8 Å². The normalized spacial score (nSPS) is 26.3. The molecular formula is C97H101N7O23S2. The average Bonchev–Trinajstić information content (AvgIpc) is 1.52. The first-order chi connectivity index (χ1) is 62.3. The molecule has 22 rings (SSSR count). The number of piperazine rings is 2. The summed E-state index contributed by atoms with van der Waals surface area (Å²) in [6.45, 7) is 10.4. The topological polar surface area (TPSA) is 353 Å². The molecule has 2 spiro atoms. The molecule has 0 radical (unpaired) electrons. The lowest BCUT2D eigenvalue weighted by Crippen LogP contribution is -2.70. The number of esters is 6. The van der Waals surface area contributed by atoms with Crippen LogP contribution in [-0.4, -0.2) is 201 Å². The number of carbonyl (C=O) groups is 6. The van der Waals surface area contributed by atoms with Crippen molar-refractivity contribution in [1.82, 2.24) is 30.2 Å². The van der Waals surface area contributed by atoms with Gasteiger partial charge in [0.25, 0.3) is 0 Å². The van der Waals surface area contributed by atoms with E-state index in [1.54, 1.807) is 24.3 Å². The fourth-order valence-corrected chi connectivity index (χ4v) is 25.8. The number of hydrogen-bond acceptors (Lipinski definition) is 32. The number of nitrogens with one attached hydrogen (secondary N) is 2. The number of methoxy groups -OCH3 is 4. The molecule has 30 nitrogen and oxygen atoms in total. The van der Waals surface area contributed by atoms with Gasteiger partial charge in [-0.2, -0.15) is 5.26 Å². The van der Waals surface area contributed by atoms with Crippen LogP contribution in [0.1, 0.15) is 161 Å². The fourth-order valence-electron chi connectivity index (χ4n) is 22.4. The van der Waals surface area contributed by atoms with Crippen molar-refractivity contribution in [3.05, 3.63) is 197 Å². The van der Waals surface area contributed by atoms with Crippen LogP contribution < -0.4 is 67.5 Å². The van der Waals surface area contributed by atoms with E-state index in [0.717, 1.165) is 44.5 Å². The highest BCUT2D eigenvalue weighted by Gasteiger charge is 2.65. The molecule has 32 heteroatoms. The number of nitrogens with zero attached hydrogens (tertiary/aromatic N) is 5. The first kappa shape index (κ1) is 86.8. The molecule has 0 aliphatic carbocycles. The zero-order valence-corrected chi connectivity index (χ0v) is 75.2. The number of nitriles is 1. The Hall–Kier alpha value is -11.5. The molecule has 8 bridgehead atoms. The molecule has 674 valence electrons. The molecule has 4 fully saturated rings. The number of phenolic OH excluding ortho intramolecular Hbond substituents is 2. The Morgan fingerprint density at radius 2 is 0.930 bits per heavy atom. The highest BCUT2D eigenvalue weighted by atomic mass is 32.2. The molecule has 8 aromatic rings. The number of phenols is 2. The maximum Gasteiger partial charge on any atom is 0.331 e. The zero-order chi connectivity index (χ0) is 90.2. The van der Waals surface area contributed by atoms with Gasteiger partial charge in [0, 0.05) is 114 Å². The number of rotatable bonds is 14. The third kappa shape index (κ3) is 14.2. The number of aryl methyl sites for hydroxylation is 4. The van der Waals surface area contributed by atoms with E-state index in [-0.39, 0.29) is 91.7 Å². The molecular weight excluding hydrogens is 1700 g/mol. The van der Waals surface area contributed by atoms with Crippen molar-refractivity contribution < 1.29 is 110 Å². The summed E-state index contributed by atoms with van der Waals surface area (Å²) in [7, 11) is 10.00. The second-order valence-electron chi connectivity index (χ2n) is 34.9. The quantitative estimate of drug-likeness (QED) is 0.0499. The Bertz CT molecular complexity index is 5990. The largest absolute Gasteiger partial charge is 0.504 e. The molecule has 8 aromatic carbocycles. The van der Waals surface area contributed by atoms with Crippen molar-refractivity contribution >= 4 is 59.3 Å². The van der Waals surface area contributed by atoms with Gasteiger partial charge >= 0.3 is 35.8 Å². The first-order valence-electron chi connectivity index (χ1n) is 43.4. The molecule has 14 heterocycles. The van der Waals surface area contributed by atoms with Crippen LogP contribution in [0.5, 0.6) is 80.5 Å². The van der Waals surface area contributed by atoms with E-state index in [2.05, 4.69) is 31.4 Å². The van der Waals surface area contributed by atoms with E-state index >= 15 is 9.59 Å². The van der Waals surface area contributed by atoms with Gasteiger partial charge in [0.1, 0.15) is 37.0 Å². The molecule has 4 saturated heterocycles. The molecule has 14 aliphatic rings. The lowest BCUT2D eigenvalue weighted by molar-refractivity contribution is -0.186. The molecule has 5 N–H and O–H groups in total. The van der Waals surface area contributed by atoms with Crippen LogP contribution in [0, 0.1) is 39.0 Å². The minimum atomic E-state index is -1.43. The Morgan fingerprint density at radius 1 is 0.512 bits per heavy atom.